The standard InChI is InChI=1S/C19H14ClF2NO4/c1-9-11(7-18(24)25)12-6-17(27-2)13(20)8-16(12)23(9)19(26)10-3-4-14(21)15(22)5-10/h3-6,8H,7H2,1-2H3,(H,24,25). The van der Waals surface area contributed by atoms with Crippen molar-refractivity contribution >= 4 is 34.4 Å². The molecule has 0 amide bonds. The summed E-state index contributed by atoms with van der Waals surface area (Å²) >= 11 is 6.16. The van der Waals surface area contributed by atoms with Crippen molar-refractivity contribution in [3.63, 3.8) is 0 Å². The zero-order valence-electron chi connectivity index (χ0n) is 14.3. The molecule has 0 aliphatic rings. The van der Waals surface area contributed by atoms with E-state index in [2.05, 4.69) is 0 Å². The summed E-state index contributed by atoms with van der Waals surface area (Å²) in [7, 11) is 1.42. The van der Waals surface area contributed by atoms with Crippen LogP contribution in [-0.2, 0) is 11.2 Å². The molecule has 0 radical (unpaired) electrons. The van der Waals surface area contributed by atoms with Crippen LogP contribution in [0.25, 0.3) is 10.9 Å². The van der Waals surface area contributed by atoms with Crippen LogP contribution in [0.1, 0.15) is 21.6 Å². The Hall–Kier alpha value is -2.93. The number of halogens is 3. The van der Waals surface area contributed by atoms with Gasteiger partial charge in [-0.2, -0.15) is 0 Å². The number of carbonyl (C=O) groups excluding carboxylic acids is 1. The third-order valence-corrected chi connectivity index (χ3v) is 4.60. The Bertz CT molecular complexity index is 1090. The van der Waals surface area contributed by atoms with Crippen LogP contribution < -0.4 is 4.74 Å². The normalized spacial score (nSPS) is 11.0. The van der Waals surface area contributed by atoms with Gasteiger partial charge in [0.1, 0.15) is 5.75 Å². The summed E-state index contributed by atoms with van der Waals surface area (Å²) in [5, 5.41) is 9.93. The van der Waals surface area contributed by atoms with Crippen molar-refractivity contribution in [2.45, 2.75) is 13.3 Å². The van der Waals surface area contributed by atoms with Crippen molar-refractivity contribution in [3.05, 3.63) is 63.8 Å². The number of methoxy groups -OCH3 is 1. The van der Waals surface area contributed by atoms with Crippen molar-refractivity contribution in [1.29, 1.82) is 0 Å². The summed E-state index contributed by atoms with van der Waals surface area (Å²) in [5.74, 6) is -3.60. The lowest BCUT2D eigenvalue weighted by molar-refractivity contribution is -0.136. The van der Waals surface area contributed by atoms with Crippen LogP contribution in [0.2, 0.25) is 5.02 Å². The highest BCUT2D eigenvalue weighted by molar-refractivity contribution is 6.33. The molecule has 0 atom stereocenters. The predicted octanol–water partition coefficient (Wildman–Crippen LogP) is 4.21. The second-order valence-corrected chi connectivity index (χ2v) is 6.32. The lowest BCUT2D eigenvalue weighted by Gasteiger charge is -2.09. The van der Waals surface area contributed by atoms with E-state index in [9.17, 15) is 23.5 Å². The maximum Gasteiger partial charge on any atom is 0.307 e. The number of hydrogen-bond acceptors (Lipinski definition) is 3. The number of fused-ring (bicyclic) bond motifs is 1. The maximum absolute atomic E-state index is 13.6. The molecule has 3 rings (SSSR count). The average molecular weight is 394 g/mol. The van der Waals surface area contributed by atoms with Gasteiger partial charge in [-0.3, -0.25) is 14.2 Å². The molecule has 5 nitrogen and oxygen atoms in total. The number of rotatable bonds is 4. The van der Waals surface area contributed by atoms with Crippen molar-refractivity contribution in [2.24, 2.45) is 0 Å². The number of carboxylic acid groups (broad SMARTS) is 1. The van der Waals surface area contributed by atoms with Crippen LogP contribution in [0, 0.1) is 18.6 Å². The van der Waals surface area contributed by atoms with Crippen LogP contribution in [0.15, 0.2) is 30.3 Å². The zero-order chi connectivity index (χ0) is 19.9. The van der Waals surface area contributed by atoms with E-state index < -0.39 is 23.5 Å². The molecule has 140 valence electrons. The molecule has 0 saturated heterocycles. The van der Waals surface area contributed by atoms with Gasteiger partial charge in [0.15, 0.2) is 11.6 Å². The van der Waals surface area contributed by atoms with E-state index in [4.69, 9.17) is 16.3 Å². The van der Waals surface area contributed by atoms with Gasteiger partial charge < -0.3 is 9.84 Å². The van der Waals surface area contributed by atoms with E-state index in [0.717, 1.165) is 18.2 Å². The SMILES string of the molecule is COc1cc2c(CC(=O)O)c(C)n(C(=O)c3ccc(F)c(F)c3)c2cc1Cl. The molecule has 0 saturated carbocycles. The molecule has 3 aromatic rings. The van der Waals surface area contributed by atoms with E-state index in [-0.39, 0.29) is 17.0 Å². The highest BCUT2D eigenvalue weighted by atomic mass is 35.5. The van der Waals surface area contributed by atoms with E-state index in [0.29, 0.717) is 27.9 Å². The van der Waals surface area contributed by atoms with Crippen molar-refractivity contribution in [3.8, 4) is 5.75 Å². The first kappa shape index (κ1) is 18.8. The molecule has 1 N–H and O–H groups in total. The summed E-state index contributed by atoms with van der Waals surface area (Å²) in [6, 6.07) is 5.85. The fourth-order valence-electron chi connectivity index (χ4n) is 3.03. The zero-order valence-corrected chi connectivity index (χ0v) is 15.1. The number of carbonyl (C=O) groups is 2. The molecular formula is C19H14ClF2NO4. The van der Waals surface area contributed by atoms with Crippen LogP contribution in [0.4, 0.5) is 8.78 Å². The number of aromatic nitrogens is 1. The molecular weight excluding hydrogens is 380 g/mol. The molecule has 0 aliphatic heterocycles. The fraction of sp³-hybridized carbons (Fsp3) is 0.158. The van der Waals surface area contributed by atoms with Crippen molar-refractivity contribution in [1.82, 2.24) is 4.57 Å². The van der Waals surface area contributed by atoms with Crippen molar-refractivity contribution in [2.75, 3.05) is 7.11 Å². The number of hydrogen-bond donors (Lipinski definition) is 1. The van der Waals surface area contributed by atoms with Gasteiger partial charge in [-0.25, -0.2) is 8.78 Å². The molecule has 0 spiro atoms. The topological polar surface area (TPSA) is 68.5 Å². The Labute approximate surface area is 157 Å². The number of benzene rings is 2. The van der Waals surface area contributed by atoms with Gasteiger partial charge in [0.2, 0.25) is 0 Å². The quantitative estimate of drug-likeness (QED) is 0.721. The van der Waals surface area contributed by atoms with Gasteiger partial charge in [0.25, 0.3) is 5.91 Å². The lowest BCUT2D eigenvalue weighted by atomic mass is 10.1. The van der Waals surface area contributed by atoms with E-state index >= 15 is 0 Å². The van der Waals surface area contributed by atoms with Crippen LogP contribution in [0.3, 0.4) is 0 Å². The molecule has 0 fully saturated rings. The molecule has 0 unspecified atom stereocenters. The van der Waals surface area contributed by atoms with Crippen molar-refractivity contribution < 1.29 is 28.2 Å². The Kier molecular flexibility index (Phi) is 4.89. The largest absolute Gasteiger partial charge is 0.495 e. The lowest BCUT2D eigenvalue weighted by Crippen LogP contribution is -2.14. The number of nitrogens with zero attached hydrogens (tertiary/aromatic N) is 1. The molecule has 1 heterocycles. The predicted molar refractivity (Wildman–Crippen MR) is 95.7 cm³/mol. The summed E-state index contributed by atoms with van der Waals surface area (Å²) < 4.78 is 33.2. The summed E-state index contributed by atoms with van der Waals surface area (Å²) in [6.07, 6.45) is -0.328. The highest BCUT2D eigenvalue weighted by Crippen LogP contribution is 2.35. The first-order valence-corrected chi connectivity index (χ1v) is 8.21. The number of aliphatic carboxylic acids is 1. The molecule has 2 aromatic carbocycles. The molecule has 27 heavy (non-hydrogen) atoms. The second kappa shape index (κ2) is 7.00. The number of ether oxygens (including phenoxy) is 1. The van der Waals surface area contributed by atoms with Crippen LogP contribution in [0.5, 0.6) is 5.75 Å². The Balaban J connectivity index is 2.29. The van der Waals surface area contributed by atoms with Gasteiger partial charge in [-0.1, -0.05) is 11.6 Å². The molecule has 8 heteroatoms. The van der Waals surface area contributed by atoms with E-state index in [1.807, 2.05) is 0 Å². The average Bonchev–Trinajstić information content (AvgIpc) is 2.86. The van der Waals surface area contributed by atoms with Gasteiger partial charge >= 0.3 is 5.97 Å². The Morgan fingerprint density at radius 2 is 1.89 bits per heavy atom. The van der Waals surface area contributed by atoms with Gasteiger partial charge in [-0.05, 0) is 42.8 Å². The third kappa shape index (κ3) is 3.26. The molecule has 1 aromatic heterocycles. The summed E-state index contributed by atoms with van der Waals surface area (Å²) in [6.45, 7) is 1.58. The third-order valence-electron chi connectivity index (χ3n) is 4.31. The minimum atomic E-state index is -1.15. The number of carboxylic acids is 1. The minimum Gasteiger partial charge on any atom is -0.495 e. The summed E-state index contributed by atoms with van der Waals surface area (Å²) in [4.78, 5) is 24.2. The fourth-order valence-corrected chi connectivity index (χ4v) is 3.27. The monoisotopic (exact) mass is 393 g/mol. The Morgan fingerprint density at radius 1 is 1.19 bits per heavy atom. The van der Waals surface area contributed by atoms with E-state index in [1.165, 1.54) is 17.7 Å². The smallest absolute Gasteiger partial charge is 0.307 e. The van der Waals surface area contributed by atoms with Gasteiger partial charge in [-0.15, -0.1) is 0 Å². The maximum atomic E-state index is 13.6. The highest BCUT2D eigenvalue weighted by Gasteiger charge is 2.23. The van der Waals surface area contributed by atoms with Gasteiger partial charge in [0.05, 0.1) is 24.1 Å². The second-order valence-electron chi connectivity index (χ2n) is 5.91. The molecule has 0 bridgehead atoms. The first-order chi connectivity index (χ1) is 12.7. The minimum absolute atomic E-state index is 0.0808. The first-order valence-electron chi connectivity index (χ1n) is 7.83. The summed E-state index contributed by atoms with van der Waals surface area (Å²) in [5.41, 5.74) is 1.04. The van der Waals surface area contributed by atoms with Gasteiger partial charge in [0, 0.05) is 16.6 Å². The molecule has 0 aliphatic carbocycles. The van der Waals surface area contributed by atoms with Crippen LogP contribution in [-0.4, -0.2) is 28.7 Å². The van der Waals surface area contributed by atoms with E-state index in [1.54, 1.807) is 13.0 Å². The van der Waals surface area contributed by atoms with Crippen LogP contribution >= 0.6 is 11.6 Å². The Morgan fingerprint density at radius 3 is 2.48 bits per heavy atom.